The number of Topliss-reactive ketones (excluding diaryl/α,β-unsaturated/α-hetero) is 1. The summed E-state index contributed by atoms with van der Waals surface area (Å²) >= 11 is 2.69. The molecular formula is C11H7BrF6O. The molecule has 0 aliphatic rings. The van der Waals surface area contributed by atoms with E-state index in [4.69, 9.17) is 0 Å². The van der Waals surface area contributed by atoms with E-state index in [0.29, 0.717) is 18.2 Å². The van der Waals surface area contributed by atoms with Crippen LogP contribution in [0.4, 0.5) is 26.3 Å². The quantitative estimate of drug-likeness (QED) is 0.430. The molecule has 106 valence electrons. The Bertz CT molecular complexity index is 457. The van der Waals surface area contributed by atoms with Gasteiger partial charge in [-0.3, -0.25) is 4.79 Å². The van der Waals surface area contributed by atoms with Crippen LogP contribution in [0.25, 0.3) is 0 Å². The van der Waals surface area contributed by atoms with E-state index in [1.807, 2.05) is 0 Å². The number of carbonyl (C=O) groups excluding carboxylic acids is 1. The molecule has 0 bridgehead atoms. The Hall–Kier alpha value is -1.05. The van der Waals surface area contributed by atoms with Crippen molar-refractivity contribution >= 4 is 21.7 Å². The minimum absolute atomic E-state index is 0.456. The molecule has 0 aliphatic heterocycles. The molecule has 0 fully saturated rings. The normalized spacial score (nSPS) is 14.3. The third kappa shape index (κ3) is 3.49. The highest BCUT2D eigenvalue weighted by molar-refractivity contribution is 9.10. The zero-order valence-electron chi connectivity index (χ0n) is 9.36. The largest absolute Gasteiger partial charge is 0.417 e. The fourth-order valence-corrected chi connectivity index (χ4v) is 1.72. The lowest BCUT2D eigenvalue weighted by atomic mass is 9.95. The minimum atomic E-state index is -5.03. The topological polar surface area (TPSA) is 17.1 Å². The summed E-state index contributed by atoms with van der Waals surface area (Å²) in [6.45, 7) is 1.16. The van der Waals surface area contributed by atoms with E-state index in [2.05, 4.69) is 15.9 Å². The van der Waals surface area contributed by atoms with Crippen molar-refractivity contribution in [3.8, 4) is 0 Å². The van der Waals surface area contributed by atoms with E-state index in [0.717, 1.165) is 6.92 Å². The molecule has 8 heteroatoms. The Morgan fingerprint density at radius 2 is 1.42 bits per heavy atom. The van der Waals surface area contributed by atoms with Gasteiger partial charge in [0.15, 0.2) is 5.78 Å². The molecule has 0 aliphatic carbocycles. The van der Waals surface area contributed by atoms with Crippen molar-refractivity contribution in [1.29, 1.82) is 0 Å². The fourth-order valence-electron chi connectivity index (χ4n) is 1.49. The van der Waals surface area contributed by atoms with Gasteiger partial charge in [-0.25, -0.2) is 0 Å². The number of carbonyl (C=O) groups is 1. The molecule has 1 aromatic rings. The summed E-state index contributed by atoms with van der Waals surface area (Å²) in [4.78, 5) is 10.5. The van der Waals surface area contributed by atoms with E-state index in [1.165, 1.54) is 0 Å². The number of halogens is 7. The molecule has 0 saturated carbocycles. The first-order chi connectivity index (χ1) is 8.46. The Morgan fingerprint density at radius 3 is 1.68 bits per heavy atom. The molecule has 0 saturated heterocycles. The first-order valence-electron chi connectivity index (χ1n) is 4.92. The lowest BCUT2D eigenvalue weighted by Crippen LogP contribution is -2.23. The number of hydrogen-bond acceptors (Lipinski definition) is 1. The maximum Gasteiger partial charge on any atom is 0.417 e. The van der Waals surface area contributed by atoms with E-state index in [-0.39, 0.29) is 0 Å². The summed E-state index contributed by atoms with van der Waals surface area (Å²) in [5.41, 5.74) is -4.52. The third-order valence-electron chi connectivity index (χ3n) is 2.28. The van der Waals surface area contributed by atoms with Crippen LogP contribution < -0.4 is 0 Å². The summed E-state index contributed by atoms with van der Waals surface area (Å²) in [5, 5.41) is 0. The first kappa shape index (κ1) is 16.0. The van der Waals surface area contributed by atoms with Gasteiger partial charge in [0.25, 0.3) is 0 Å². The predicted molar refractivity (Wildman–Crippen MR) is 59.2 cm³/mol. The van der Waals surface area contributed by atoms with Gasteiger partial charge in [0, 0.05) is 5.56 Å². The Balaban J connectivity index is 3.65. The second-order valence-electron chi connectivity index (χ2n) is 3.70. The molecule has 19 heavy (non-hydrogen) atoms. The van der Waals surface area contributed by atoms with Gasteiger partial charge in [-0.05, 0) is 19.1 Å². The summed E-state index contributed by atoms with van der Waals surface area (Å²) in [5.74, 6) is -1.26. The van der Waals surface area contributed by atoms with Crippen LogP contribution in [-0.2, 0) is 12.4 Å². The van der Waals surface area contributed by atoms with Crippen LogP contribution in [0.1, 0.15) is 28.4 Å². The number of alkyl halides is 7. The summed E-state index contributed by atoms with van der Waals surface area (Å²) in [6, 6.07) is 1.54. The lowest BCUT2D eigenvalue weighted by Gasteiger charge is -2.18. The number of benzene rings is 1. The second-order valence-corrected chi connectivity index (χ2v) is 5.08. The molecule has 0 amide bonds. The Morgan fingerprint density at radius 1 is 1.05 bits per heavy atom. The van der Waals surface area contributed by atoms with Crippen LogP contribution in [0.2, 0.25) is 0 Å². The molecule has 0 radical (unpaired) electrons. The maximum atomic E-state index is 12.7. The highest BCUT2D eigenvalue weighted by atomic mass is 79.9. The van der Waals surface area contributed by atoms with Crippen molar-refractivity contribution < 1.29 is 31.1 Å². The average molecular weight is 349 g/mol. The molecule has 0 spiro atoms. The van der Waals surface area contributed by atoms with Crippen molar-refractivity contribution in [2.75, 3.05) is 0 Å². The lowest BCUT2D eigenvalue weighted by molar-refractivity contribution is -0.143. The molecule has 1 atom stereocenters. The van der Waals surface area contributed by atoms with Crippen LogP contribution >= 0.6 is 15.9 Å². The minimum Gasteiger partial charge on any atom is -0.293 e. The smallest absolute Gasteiger partial charge is 0.293 e. The predicted octanol–water partition coefficient (Wildman–Crippen LogP) is 4.69. The number of hydrogen-bond donors (Lipinski definition) is 0. The van der Waals surface area contributed by atoms with Gasteiger partial charge in [0.05, 0.1) is 16.0 Å². The monoisotopic (exact) mass is 348 g/mol. The van der Waals surface area contributed by atoms with Crippen LogP contribution in [0.15, 0.2) is 18.2 Å². The average Bonchev–Trinajstić information content (AvgIpc) is 2.24. The van der Waals surface area contributed by atoms with Crippen molar-refractivity contribution in [2.24, 2.45) is 0 Å². The van der Waals surface area contributed by atoms with Crippen molar-refractivity contribution in [2.45, 2.75) is 24.1 Å². The Kier molecular flexibility index (Phi) is 4.33. The maximum absolute atomic E-state index is 12.7. The van der Waals surface area contributed by atoms with Gasteiger partial charge >= 0.3 is 12.4 Å². The van der Waals surface area contributed by atoms with Gasteiger partial charge in [-0.15, -0.1) is 0 Å². The highest BCUT2D eigenvalue weighted by Gasteiger charge is 2.43. The molecule has 1 aromatic carbocycles. The second kappa shape index (κ2) is 5.15. The van der Waals surface area contributed by atoms with Gasteiger partial charge in [0.2, 0.25) is 0 Å². The van der Waals surface area contributed by atoms with Crippen LogP contribution in [-0.4, -0.2) is 10.6 Å². The van der Waals surface area contributed by atoms with E-state index in [9.17, 15) is 31.1 Å². The van der Waals surface area contributed by atoms with Gasteiger partial charge < -0.3 is 0 Å². The summed E-state index contributed by atoms with van der Waals surface area (Å²) < 4.78 is 76.2. The van der Waals surface area contributed by atoms with Crippen LogP contribution in [0.5, 0.6) is 0 Å². The molecule has 0 aromatic heterocycles. The van der Waals surface area contributed by atoms with E-state index >= 15 is 0 Å². The van der Waals surface area contributed by atoms with E-state index in [1.54, 1.807) is 0 Å². The third-order valence-corrected chi connectivity index (χ3v) is 2.70. The van der Waals surface area contributed by atoms with E-state index < -0.39 is 39.7 Å². The number of ketones is 1. The number of rotatable bonds is 2. The molecule has 1 unspecified atom stereocenters. The van der Waals surface area contributed by atoms with Crippen molar-refractivity contribution in [1.82, 2.24) is 0 Å². The van der Waals surface area contributed by atoms with Gasteiger partial charge in [-0.1, -0.05) is 22.0 Å². The molecular weight excluding hydrogens is 342 g/mol. The summed E-state index contributed by atoms with van der Waals surface area (Å²) in [7, 11) is 0. The Labute approximate surface area is 112 Å². The van der Waals surface area contributed by atoms with Crippen LogP contribution in [0, 0.1) is 0 Å². The van der Waals surface area contributed by atoms with Gasteiger partial charge in [0.1, 0.15) is 0 Å². The molecule has 0 heterocycles. The zero-order valence-corrected chi connectivity index (χ0v) is 10.9. The van der Waals surface area contributed by atoms with Crippen LogP contribution in [0.3, 0.4) is 0 Å². The summed E-state index contributed by atoms with van der Waals surface area (Å²) in [6.07, 6.45) is -10.1. The van der Waals surface area contributed by atoms with Gasteiger partial charge in [-0.2, -0.15) is 26.3 Å². The standard InChI is InChI=1S/C11H7BrF6O/c1-5(12)9(19)8-6(10(13,14)15)3-2-4-7(8)11(16,17)18/h2-5H,1H3. The van der Waals surface area contributed by atoms with Crippen molar-refractivity contribution in [3.05, 3.63) is 34.9 Å². The first-order valence-corrected chi connectivity index (χ1v) is 5.83. The molecule has 1 nitrogen and oxygen atoms in total. The molecule has 1 rings (SSSR count). The molecule has 0 N–H and O–H groups in total. The highest BCUT2D eigenvalue weighted by Crippen LogP contribution is 2.40. The van der Waals surface area contributed by atoms with Crippen molar-refractivity contribution in [3.63, 3.8) is 0 Å². The zero-order chi connectivity index (χ0) is 15.0. The SMILES string of the molecule is CC(Br)C(=O)c1c(C(F)(F)F)cccc1C(F)(F)F. The fraction of sp³-hybridized carbons (Fsp3) is 0.364.